The second kappa shape index (κ2) is 7.30. The van der Waals surface area contributed by atoms with Crippen molar-refractivity contribution in [3.8, 4) is 0 Å². The molecule has 1 fully saturated rings. The minimum Gasteiger partial charge on any atom is -0.379 e. The molecule has 3 aromatic rings. The summed E-state index contributed by atoms with van der Waals surface area (Å²) < 4.78 is 7.90. The van der Waals surface area contributed by atoms with Gasteiger partial charge in [0.1, 0.15) is 0 Å². The predicted octanol–water partition coefficient (Wildman–Crippen LogP) is 2.90. The number of aryl methyl sites for hydroxylation is 1. The quantitative estimate of drug-likeness (QED) is 0.730. The van der Waals surface area contributed by atoms with Crippen LogP contribution in [0, 0.1) is 5.92 Å². The van der Waals surface area contributed by atoms with E-state index in [1.807, 2.05) is 11.0 Å². The molecule has 0 radical (unpaired) electrons. The summed E-state index contributed by atoms with van der Waals surface area (Å²) in [6.07, 6.45) is 6.30. The number of carbonyl (C=O) groups is 1. The number of amides is 1. The van der Waals surface area contributed by atoms with E-state index < -0.39 is 0 Å². The number of pyridine rings is 1. The molecule has 4 rings (SSSR count). The van der Waals surface area contributed by atoms with Gasteiger partial charge in [0.05, 0.1) is 18.8 Å². The van der Waals surface area contributed by atoms with Gasteiger partial charge in [0.15, 0.2) is 0 Å². The van der Waals surface area contributed by atoms with Gasteiger partial charge in [-0.15, -0.1) is 0 Å². The summed E-state index contributed by atoms with van der Waals surface area (Å²) in [6.45, 7) is 2.60. The van der Waals surface area contributed by atoms with Crippen molar-refractivity contribution >= 4 is 16.8 Å². The molecule has 26 heavy (non-hydrogen) atoms. The second-order valence-electron chi connectivity index (χ2n) is 6.96. The van der Waals surface area contributed by atoms with Crippen LogP contribution in [0.1, 0.15) is 15.9 Å². The summed E-state index contributed by atoms with van der Waals surface area (Å²) in [5.74, 6) is 0.325. The van der Waals surface area contributed by atoms with Crippen molar-refractivity contribution in [2.45, 2.75) is 6.42 Å². The third-order valence-electron chi connectivity index (χ3n) is 5.01. The standard InChI is InChI=1S/C21H23N3O2/c1-23-8-6-18-12-16(4-5-20(18)23)11-17-14-24(9-10-26-15-17)21(25)19-3-2-7-22-13-19/h2-8,12-13,17H,9-11,14-15H2,1H3/t17-/m1/s1. The van der Waals surface area contributed by atoms with E-state index in [1.165, 1.54) is 16.5 Å². The maximum atomic E-state index is 12.8. The highest BCUT2D eigenvalue weighted by Gasteiger charge is 2.23. The van der Waals surface area contributed by atoms with E-state index in [-0.39, 0.29) is 5.91 Å². The normalized spacial score (nSPS) is 18.0. The largest absolute Gasteiger partial charge is 0.379 e. The van der Waals surface area contributed by atoms with Crippen LogP contribution in [-0.2, 0) is 18.2 Å². The molecule has 2 aromatic heterocycles. The lowest BCUT2D eigenvalue weighted by atomic mass is 9.98. The molecule has 1 aromatic carbocycles. The van der Waals surface area contributed by atoms with E-state index in [2.05, 4.69) is 47.1 Å². The van der Waals surface area contributed by atoms with Crippen LogP contribution in [0.5, 0.6) is 0 Å². The fourth-order valence-electron chi connectivity index (χ4n) is 3.65. The smallest absolute Gasteiger partial charge is 0.255 e. The molecule has 5 nitrogen and oxygen atoms in total. The summed E-state index contributed by atoms with van der Waals surface area (Å²) in [6, 6.07) is 12.4. The third kappa shape index (κ3) is 3.48. The maximum absolute atomic E-state index is 12.8. The van der Waals surface area contributed by atoms with Crippen molar-refractivity contribution in [1.82, 2.24) is 14.5 Å². The van der Waals surface area contributed by atoms with Gasteiger partial charge in [-0.05, 0) is 47.7 Å². The van der Waals surface area contributed by atoms with Crippen molar-refractivity contribution in [2.24, 2.45) is 13.0 Å². The number of ether oxygens (including phenoxy) is 1. The van der Waals surface area contributed by atoms with Crippen molar-refractivity contribution in [3.63, 3.8) is 0 Å². The van der Waals surface area contributed by atoms with Crippen LogP contribution in [0.25, 0.3) is 10.9 Å². The molecule has 3 heterocycles. The molecule has 1 amide bonds. The fourth-order valence-corrected chi connectivity index (χ4v) is 3.65. The Morgan fingerprint density at radius 1 is 1.31 bits per heavy atom. The summed E-state index contributed by atoms with van der Waals surface area (Å²) in [7, 11) is 2.06. The molecule has 1 atom stereocenters. The monoisotopic (exact) mass is 349 g/mol. The first kappa shape index (κ1) is 16.8. The minimum atomic E-state index is 0.0344. The number of nitrogens with zero attached hydrogens (tertiary/aromatic N) is 3. The Morgan fingerprint density at radius 2 is 2.23 bits per heavy atom. The van der Waals surface area contributed by atoms with Crippen LogP contribution in [-0.4, -0.2) is 46.7 Å². The number of aromatic nitrogens is 2. The van der Waals surface area contributed by atoms with Crippen LogP contribution in [0.2, 0.25) is 0 Å². The van der Waals surface area contributed by atoms with E-state index in [0.29, 0.717) is 37.8 Å². The lowest BCUT2D eigenvalue weighted by molar-refractivity contribution is 0.0737. The molecular formula is C21H23N3O2. The van der Waals surface area contributed by atoms with Gasteiger partial charge in [0.2, 0.25) is 0 Å². The second-order valence-corrected chi connectivity index (χ2v) is 6.96. The Hall–Kier alpha value is -2.66. The lowest BCUT2D eigenvalue weighted by Gasteiger charge is -2.23. The van der Waals surface area contributed by atoms with Gasteiger partial charge in [-0.25, -0.2) is 0 Å². The van der Waals surface area contributed by atoms with Gasteiger partial charge < -0.3 is 14.2 Å². The molecule has 0 bridgehead atoms. The van der Waals surface area contributed by atoms with Crippen LogP contribution in [0.15, 0.2) is 55.0 Å². The topological polar surface area (TPSA) is 47.4 Å². The summed E-state index contributed by atoms with van der Waals surface area (Å²) in [5, 5.41) is 1.25. The number of rotatable bonds is 3. The van der Waals surface area contributed by atoms with Crippen molar-refractivity contribution in [2.75, 3.05) is 26.3 Å². The average Bonchev–Trinajstić information content (AvgIpc) is 2.89. The highest BCUT2D eigenvalue weighted by Crippen LogP contribution is 2.21. The van der Waals surface area contributed by atoms with E-state index in [0.717, 1.165) is 6.42 Å². The first-order chi connectivity index (χ1) is 12.7. The van der Waals surface area contributed by atoms with Crippen LogP contribution in [0.3, 0.4) is 0 Å². The van der Waals surface area contributed by atoms with Crippen molar-refractivity contribution in [3.05, 3.63) is 66.1 Å². The zero-order valence-electron chi connectivity index (χ0n) is 15.0. The lowest BCUT2D eigenvalue weighted by Crippen LogP contribution is -2.36. The first-order valence-corrected chi connectivity index (χ1v) is 9.02. The highest BCUT2D eigenvalue weighted by molar-refractivity contribution is 5.93. The van der Waals surface area contributed by atoms with E-state index in [4.69, 9.17) is 4.74 Å². The first-order valence-electron chi connectivity index (χ1n) is 9.02. The van der Waals surface area contributed by atoms with Gasteiger partial charge in [-0.3, -0.25) is 9.78 Å². The molecule has 1 aliphatic rings. The third-order valence-corrected chi connectivity index (χ3v) is 5.01. The molecule has 1 saturated heterocycles. The Balaban J connectivity index is 1.49. The number of hydrogen-bond acceptors (Lipinski definition) is 3. The van der Waals surface area contributed by atoms with Gasteiger partial charge in [-0.2, -0.15) is 0 Å². The van der Waals surface area contributed by atoms with Crippen LogP contribution in [0.4, 0.5) is 0 Å². The van der Waals surface area contributed by atoms with Gasteiger partial charge in [0, 0.05) is 50.2 Å². The van der Waals surface area contributed by atoms with Gasteiger partial charge >= 0.3 is 0 Å². The zero-order valence-corrected chi connectivity index (χ0v) is 15.0. The SMILES string of the molecule is Cn1ccc2cc(C[C@H]3COCCN(C(=O)c4cccnc4)C3)ccc21. The molecular weight excluding hydrogens is 326 g/mol. The van der Waals surface area contributed by atoms with Crippen LogP contribution >= 0.6 is 0 Å². The Morgan fingerprint density at radius 3 is 3.08 bits per heavy atom. The molecule has 5 heteroatoms. The van der Waals surface area contributed by atoms with Crippen LogP contribution < -0.4 is 0 Å². The molecule has 0 aliphatic carbocycles. The van der Waals surface area contributed by atoms with E-state index in [9.17, 15) is 4.79 Å². The molecule has 0 saturated carbocycles. The summed E-state index contributed by atoms with van der Waals surface area (Å²) in [4.78, 5) is 18.7. The van der Waals surface area contributed by atoms with E-state index >= 15 is 0 Å². The van der Waals surface area contributed by atoms with E-state index in [1.54, 1.807) is 18.5 Å². The summed E-state index contributed by atoms with van der Waals surface area (Å²) in [5.41, 5.74) is 3.16. The maximum Gasteiger partial charge on any atom is 0.255 e. The van der Waals surface area contributed by atoms with Crippen molar-refractivity contribution < 1.29 is 9.53 Å². The fraction of sp³-hybridized carbons (Fsp3) is 0.333. The summed E-state index contributed by atoms with van der Waals surface area (Å²) >= 11 is 0. The molecule has 0 unspecified atom stereocenters. The number of hydrogen-bond donors (Lipinski definition) is 0. The molecule has 0 N–H and O–H groups in total. The number of fused-ring (bicyclic) bond motifs is 1. The van der Waals surface area contributed by atoms with Crippen molar-refractivity contribution in [1.29, 1.82) is 0 Å². The highest BCUT2D eigenvalue weighted by atomic mass is 16.5. The Kier molecular flexibility index (Phi) is 4.71. The molecule has 0 spiro atoms. The average molecular weight is 349 g/mol. The molecule has 134 valence electrons. The minimum absolute atomic E-state index is 0.0344. The van der Waals surface area contributed by atoms with Gasteiger partial charge in [-0.1, -0.05) is 6.07 Å². The predicted molar refractivity (Wildman–Crippen MR) is 101 cm³/mol. The number of carbonyl (C=O) groups excluding carboxylic acids is 1. The zero-order chi connectivity index (χ0) is 17.9. The molecule has 1 aliphatic heterocycles. The Labute approximate surface area is 153 Å². The Bertz CT molecular complexity index is 904. The van der Waals surface area contributed by atoms with Gasteiger partial charge in [0.25, 0.3) is 5.91 Å². The number of benzene rings is 1.